The molecule has 0 radical (unpaired) electrons. The fourth-order valence-corrected chi connectivity index (χ4v) is 4.91. The van der Waals surface area contributed by atoms with E-state index in [9.17, 15) is 18.3 Å². The SMILES string of the molecule is Cn1ncc(Cl)c1S(=O)(=O)N1CCCCC1(C)C(=O)O. The van der Waals surface area contributed by atoms with Crippen LogP contribution in [0, 0.1) is 0 Å². The summed E-state index contributed by atoms with van der Waals surface area (Å²) in [6.45, 7) is 1.59. The number of aryl methyl sites for hydroxylation is 1. The summed E-state index contributed by atoms with van der Waals surface area (Å²) < 4.78 is 27.6. The first-order valence-electron chi connectivity index (χ1n) is 6.15. The van der Waals surface area contributed by atoms with Crippen LogP contribution in [-0.2, 0) is 21.9 Å². The maximum absolute atomic E-state index is 12.7. The maximum atomic E-state index is 12.7. The number of hydrogen-bond acceptors (Lipinski definition) is 4. The molecule has 1 saturated heterocycles. The van der Waals surface area contributed by atoms with E-state index < -0.39 is 21.5 Å². The Kier molecular flexibility index (Phi) is 3.83. The lowest BCUT2D eigenvalue weighted by molar-refractivity contribution is -0.149. The van der Waals surface area contributed by atoms with Crippen molar-refractivity contribution in [2.45, 2.75) is 36.8 Å². The van der Waals surface area contributed by atoms with Crippen molar-refractivity contribution < 1.29 is 18.3 Å². The fraction of sp³-hybridized carbons (Fsp3) is 0.636. The first kappa shape index (κ1) is 15.3. The second-order valence-corrected chi connectivity index (χ2v) is 7.22. The molecule has 9 heteroatoms. The Morgan fingerprint density at radius 1 is 1.50 bits per heavy atom. The van der Waals surface area contributed by atoms with Gasteiger partial charge in [0, 0.05) is 13.6 Å². The molecule has 112 valence electrons. The minimum Gasteiger partial charge on any atom is -0.480 e. The maximum Gasteiger partial charge on any atom is 0.324 e. The number of piperidine rings is 1. The zero-order valence-electron chi connectivity index (χ0n) is 11.2. The van der Waals surface area contributed by atoms with E-state index >= 15 is 0 Å². The van der Waals surface area contributed by atoms with Crippen LogP contribution < -0.4 is 0 Å². The van der Waals surface area contributed by atoms with Crippen LogP contribution in [-0.4, -0.2) is 45.7 Å². The Hall–Kier alpha value is -1.12. The first-order chi connectivity index (χ1) is 9.21. The Balaban J connectivity index is 2.55. The van der Waals surface area contributed by atoms with Crippen molar-refractivity contribution >= 4 is 27.6 Å². The Morgan fingerprint density at radius 2 is 2.15 bits per heavy atom. The summed E-state index contributed by atoms with van der Waals surface area (Å²) in [6, 6.07) is 0. The molecular weight excluding hydrogens is 306 g/mol. The van der Waals surface area contributed by atoms with Crippen LogP contribution in [0.5, 0.6) is 0 Å². The molecule has 0 spiro atoms. The number of aliphatic carboxylic acids is 1. The van der Waals surface area contributed by atoms with Crippen molar-refractivity contribution in [1.29, 1.82) is 0 Å². The van der Waals surface area contributed by atoms with Gasteiger partial charge in [0.2, 0.25) is 0 Å². The topological polar surface area (TPSA) is 92.5 Å². The number of carbonyl (C=O) groups is 1. The number of nitrogens with zero attached hydrogens (tertiary/aromatic N) is 3. The van der Waals surface area contributed by atoms with Crippen molar-refractivity contribution in [2.24, 2.45) is 7.05 Å². The summed E-state index contributed by atoms with van der Waals surface area (Å²) in [5.41, 5.74) is -1.45. The number of sulfonamides is 1. The lowest BCUT2D eigenvalue weighted by Crippen LogP contribution is -2.57. The molecule has 1 aromatic heterocycles. The summed E-state index contributed by atoms with van der Waals surface area (Å²) in [6.07, 6.45) is 2.80. The number of carboxylic acids is 1. The van der Waals surface area contributed by atoms with Gasteiger partial charge in [0.05, 0.1) is 11.2 Å². The second kappa shape index (κ2) is 5.01. The third-order valence-electron chi connectivity index (χ3n) is 3.66. The van der Waals surface area contributed by atoms with Crippen LogP contribution in [0.15, 0.2) is 11.2 Å². The van der Waals surface area contributed by atoms with Gasteiger partial charge in [-0.15, -0.1) is 0 Å². The van der Waals surface area contributed by atoms with Gasteiger partial charge in [-0.05, 0) is 26.2 Å². The lowest BCUT2D eigenvalue weighted by atomic mass is 9.91. The highest BCUT2D eigenvalue weighted by Gasteiger charge is 2.49. The van der Waals surface area contributed by atoms with Gasteiger partial charge in [-0.25, -0.2) is 8.42 Å². The summed E-state index contributed by atoms with van der Waals surface area (Å²) in [5.74, 6) is -1.15. The molecule has 2 rings (SSSR count). The summed E-state index contributed by atoms with van der Waals surface area (Å²) in [5, 5.41) is 13.0. The van der Waals surface area contributed by atoms with Gasteiger partial charge in [0.15, 0.2) is 5.03 Å². The molecule has 1 N–H and O–H groups in total. The molecule has 0 aromatic carbocycles. The van der Waals surface area contributed by atoms with Crippen molar-refractivity contribution in [3.8, 4) is 0 Å². The molecule has 1 aromatic rings. The van der Waals surface area contributed by atoms with E-state index in [1.807, 2.05) is 0 Å². The number of carboxylic acid groups (broad SMARTS) is 1. The number of hydrogen-bond donors (Lipinski definition) is 1. The van der Waals surface area contributed by atoms with E-state index in [-0.39, 0.29) is 23.0 Å². The van der Waals surface area contributed by atoms with Gasteiger partial charge in [0.1, 0.15) is 5.54 Å². The third kappa shape index (κ3) is 2.21. The van der Waals surface area contributed by atoms with Crippen LogP contribution in [0.1, 0.15) is 26.2 Å². The zero-order chi connectivity index (χ0) is 15.1. The summed E-state index contributed by atoms with van der Waals surface area (Å²) in [7, 11) is -2.55. The van der Waals surface area contributed by atoms with Crippen LogP contribution in [0.3, 0.4) is 0 Å². The molecule has 2 heterocycles. The second-order valence-electron chi connectivity index (χ2n) is 5.03. The molecule has 0 aliphatic carbocycles. The van der Waals surface area contributed by atoms with Crippen LogP contribution in [0.2, 0.25) is 5.02 Å². The fourth-order valence-electron chi connectivity index (χ4n) is 2.49. The molecule has 1 aliphatic rings. The first-order valence-corrected chi connectivity index (χ1v) is 7.97. The average Bonchev–Trinajstić information content (AvgIpc) is 2.69. The number of aromatic nitrogens is 2. The van der Waals surface area contributed by atoms with Crippen molar-refractivity contribution in [3.63, 3.8) is 0 Å². The highest BCUT2D eigenvalue weighted by molar-refractivity contribution is 7.89. The largest absolute Gasteiger partial charge is 0.480 e. The highest BCUT2D eigenvalue weighted by atomic mass is 35.5. The normalized spacial score (nSPS) is 24.8. The van der Waals surface area contributed by atoms with Gasteiger partial charge in [-0.2, -0.15) is 9.40 Å². The van der Waals surface area contributed by atoms with Crippen LogP contribution >= 0.6 is 11.6 Å². The summed E-state index contributed by atoms with van der Waals surface area (Å²) >= 11 is 5.88. The zero-order valence-corrected chi connectivity index (χ0v) is 12.8. The van der Waals surface area contributed by atoms with E-state index in [0.717, 1.165) is 8.99 Å². The third-order valence-corrected chi connectivity index (χ3v) is 6.19. The molecule has 0 bridgehead atoms. The quantitative estimate of drug-likeness (QED) is 0.899. The minimum atomic E-state index is -4.01. The van der Waals surface area contributed by atoms with Gasteiger partial charge >= 0.3 is 5.97 Å². The standard InChI is InChI=1S/C11H16ClN3O4S/c1-11(10(16)17)5-3-4-6-15(11)20(18,19)9-8(12)7-13-14(9)2/h7H,3-6H2,1-2H3,(H,16,17). The van der Waals surface area contributed by atoms with E-state index in [1.54, 1.807) is 0 Å². The lowest BCUT2D eigenvalue weighted by Gasteiger charge is -2.40. The van der Waals surface area contributed by atoms with Crippen molar-refractivity contribution in [1.82, 2.24) is 14.1 Å². The molecule has 20 heavy (non-hydrogen) atoms. The molecule has 1 fully saturated rings. The minimum absolute atomic E-state index is 0.00851. The van der Waals surface area contributed by atoms with Gasteiger partial charge in [-0.1, -0.05) is 11.6 Å². The number of halogens is 1. The molecule has 1 unspecified atom stereocenters. The predicted molar refractivity (Wildman–Crippen MR) is 72.0 cm³/mol. The van der Waals surface area contributed by atoms with Gasteiger partial charge < -0.3 is 5.11 Å². The van der Waals surface area contributed by atoms with Crippen molar-refractivity contribution in [2.75, 3.05) is 6.54 Å². The highest BCUT2D eigenvalue weighted by Crippen LogP contribution is 2.35. The van der Waals surface area contributed by atoms with Gasteiger partial charge in [-0.3, -0.25) is 9.48 Å². The van der Waals surface area contributed by atoms with Gasteiger partial charge in [0.25, 0.3) is 10.0 Å². The molecular formula is C11H16ClN3O4S. The van der Waals surface area contributed by atoms with Crippen LogP contribution in [0.25, 0.3) is 0 Å². The van der Waals surface area contributed by atoms with Crippen LogP contribution in [0.4, 0.5) is 0 Å². The van der Waals surface area contributed by atoms with E-state index in [1.165, 1.54) is 20.2 Å². The average molecular weight is 322 g/mol. The smallest absolute Gasteiger partial charge is 0.324 e. The monoisotopic (exact) mass is 321 g/mol. The Bertz CT molecular complexity index is 623. The molecule has 7 nitrogen and oxygen atoms in total. The van der Waals surface area contributed by atoms with E-state index in [4.69, 9.17) is 11.6 Å². The Morgan fingerprint density at radius 3 is 2.65 bits per heavy atom. The Labute approximate surface area is 122 Å². The number of rotatable bonds is 3. The molecule has 0 amide bonds. The molecule has 1 atom stereocenters. The molecule has 0 saturated carbocycles. The van der Waals surface area contributed by atoms with E-state index in [0.29, 0.717) is 12.8 Å². The van der Waals surface area contributed by atoms with E-state index in [2.05, 4.69) is 5.10 Å². The predicted octanol–water partition coefficient (Wildman–Crippen LogP) is 1.09. The molecule has 1 aliphatic heterocycles. The van der Waals surface area contributed by atoms with Crippen molar-refractivity contribution in [3.05, 3.63) is 11.2 Å². The summed E-state index contributed by atoms with van der Waals surface area (Å²) in [4.78, 5) is 11.5.